The molecule has 0 aliphatic rings. The van der Waals surface area contributed by atoms with Gasteiger partial charge in [-0.05, 0) is 17.7 Å². The van der Waals surface area contributed by atoms with Crippen LogP contribution in [0, 0.1) is 0 Å². The number of nitrogens with one attached hydrogen (secondary N) is 2. The lowest BCUT2D eigenvalue weighted by Gasteiger charge is -2.20. The van der Waals surface area contributed by atoms with E-state index in [-0.39, 0.29) is 12.2 Å². The van der Waals surface area contributed by atoms with E-state index < -0.39 is 54.4 Å². The van der Waals surface area contributed by atoms with Gasteiger partial charge in [0.25, 0.3) is 0 Å². The van der Waals surface area contributed by atoms with Gasteiger partial charge in [0, 0.05) is 13.3 Å². The lowest BCUT2D eigenvalue weighted by Crippen LogP contribution is -2.52. The van der Waals surface area contributed by atoms with Crippen molar-refractivity contribution >= 4 is 29.7 Å². The van der Waals surface area contributed by atoms with Crippen LogP contribution in [0.4, 0.5) is 13.2 Å². The number of carbonyl (C=O) groups is 5. The third kappa shape index (κ3) is 11.7. The van der Waals surface area contributed by atoms with Crippen LogP contribution in [-0.2, 0) is 30.4 Å². The minimum atomic E-state index is -5.08. The predicted octanol–water partition coefficient (Wildman–Crippen LogP) is 0.117. The maximum absolute atomic E-state index is 12.2. The van der Waals surface area contributed by atoms with E-state index in [4.69, 9.17) is 20.1 Å². The maximum atomic E-state index is 12.2. The van der Waals surface area contributed by atoms with Crippen molar-refractivity contribution < 1.29 is 57.6 Å². The second-order valence-corrected chi connectivity index (χ2v) is 5.92. The van der Waals surface area contributed by atoms with Gasteiger partial charge in [-0.25, -0.2) is 9.59 Å². The van der Waals surface area contributed by atoms with E-state index in [0.29, 0.717) is 5.56 Å². The first kappa shape index (κ1) is 27.2. The fourth-order valence-corrected chi connectivity index (χ4v) is 1.97. The molecule has 0 aliphatic carbocycles. The molecule has 11 nitrogen and oxygen atoms in total. The summed E-state index contributed by atoms with van der Waals surface area (Å²) in [7, 11) is 0. The largest absolute Gasteiger partial charge is 0.508 e. The van der Waals surface area contributed by atoms with Gasteiger partial charge in [-0.3, -0.25) is 14.4 Å². The number of carboxylic acids is 3. The van der Waals surface area contributed by atoms with E-state index >= 15 is 0 Å². The molecule has 2 amide bonds. The van der Waals surface area contributed by atoms with Crippen molar-refractivity contribution in [1.29, 1.82) is 0 Å². The van der Waals surface area contributed by atoms with Crippen molar-refractivity contribution in [3.8, 4) is 5.75 Å². The fraction of sp³-hybridized carbons (Fsp3) is 0.353. The number of aliphatic carboxylic acids is 3. The Kier molecular flexibility index (Phi) is 10.5. The van der Waals surface area contributed by atoms with Crippen LogP contribution in [0.15, 0.2) is 24.3 Å². The summed E-state index contributed by atoms with van der Waals surface area (Å²) in [5.41, 5.74) is 0.617. The number of phenolic OH excluding ortho intramolecular Hbond substituents is 1. The summed E-state index contributed by atoms with van der Waals surface area (Å²) < 4.78 is 31.7. The molecule has 1 aromatic rings. The van der Waals surface area contributed by atoms with Crippen LogP contribution in [0.5, 0.6) is 5.75 Å². The molecule has 0 radical (unpaired) electrons. The van der Waals surface area contributed by atoms with Gasteiger partial charge in [0.2, 0.25) is 11.8 Å². The van der Waals surface area contributed by atoms with Gasteiger partial charge in [0.1, 0.15) is 17.8 Å². The van der Waals surface area contributed by atoms with Crippen molar-refractivity contribution in [3.63, 3.8) is 0 Å². The summed E-state index contributed by atoms with van der Waals surface area (Å²) >= 11 is 0. The first-order valence-corrected chi connectivity index (χ1v) is 8.23. The minimum Gasteiger partial charge on any atom is -0.508 e. The van der Waals surface area contributed by atoms with Crippen LogP contribution >= 0.6 is 0 Å². The number of halogens is 3. The lowest BCUT2D eigenvalue weighted by atomic mass is 10.0. The SMILES string of the molecule is CC(=O)N[C@@H](Cc1ccc(O)cc1)C(=O)N[C@@H](CC(=O)O)C(=O)O.O=C(O)C(F)(F)F. The highest BCUT2D eigenvalue weighted by Crippen LogP contribution is 2.13. The molecule has 0 spiro atoms. The van der Waals surface area contributed by atoms with Gasteiger partial charge >= 0.3 is 24.1 Å². The summed E-state index contributed by atoms with van der Waals surface area (Å²) in [4.78, 5) is 54.0. The third-order valence-electron chi connectivity index (χ3n) is 3.31. The molecule has 0 fully saturated rings. The second kappa shape index (κ2) is 12.0. The molecule has 2 atom stereocenters. The summed E-state index contributed by atoms with van der Waals surface area (Å²) in [6.45, 7) is 1.20. The Morgan fingerprint density at radius 2 is 1.42 bits per heavy atom. The van der Waals surface area contributed by atoms with Gasteiger partial charge in [-0.2, -0.15) is 13.2 Å². The Labute approximate surface area is 172 Å². The summed E-state index contributed by atoms with van der Waals surface area (Å²) in [6, 6.07) is 3.21. The summed E-state index contributed by atoms with van der Waals surface area (Å²) in [5, 5.41) is 38.5. The quantitative estimate of drug-likeness (QED) is 0.318. The summed E-state index contributed by atoms with van der Waals surface area (Å²) in [6.07, 6.45) is -5.82. The number of aromatic hydroxyl groups is 1. The van der Waals surface area contributed by atoms with Gasteiger partial charge in [-0.15, -0.1) is 0 Å². The zero-order valence-corrected chi connectivity index (χ0v) is 15.8. The predicted molar refractivity (Wildman–Crippen MR) is 94.9 cm³/mol. The average Bonchev–Trinajstić information content (AvgIpc) is 2.61. The van der Waals surface area contributed by atoms with Crippen LogP contribution in [0.3, 0.4) is 0 Å². The number of phenols is 1. The Morgan fingerprint density at radius 3 is 1.77 bits per heavy atom. The molecule has 172 valence electrons. The molecule has 1 aromatic carbocycles. The van der Waals surface area contributed by atoms with Crippen LogP contribution in [0.2, 0.25) is 0 Å². The second-order valence-electron chi connectivity index (χ2n) is 5.92. The van der Waals surface area contributed by atoms with Crippen molar-refractivity contribution in [2.24, 2.45) is 0 Å². The standard InChI is InChI=1S/C15H18N2O7.C2HF3O2/c1-8(18)16-11(6-9-2-4-10(19)5-3-9)14(22)17-12(15(23)24)7-13(20)21;3-2(4,5)1(6)7/h2-5,11-12,19H,6-7H2,1H3,(H,16,18)(H,17,22)(H,20,21)(H,23,24);(H,6,7)/t11-,12-;/m0./s1. The Balaban J connectivity index is 0.00000110. The van der Waals surface area contributed by atoms with Crippen molar-refractivity contribution in [2.45, 2.75) is 38.0 Å². The van der Waals surface area contributed by atoms with E-state index in [9.17, 15) is 37.5 Å². The normalized spacial score (nSPS) is 12.4. The van der Waals surface area contributed by atoms with E-state index in [2.05, 4.69) is 10.6 Å². The van der Waals surface area contributed by atoms with E-state index in [1.807, 2.05) is 0 Å². The van der Waals surface area contributed by atoms with Crippen molar-refractivity contribution in [1.82, 2.24) is 10.6 Å². The zero-order chi connectivity index (χ0) is 24.4. The monoisotopic (exact) mass is 452 g/mol. The molecule has 0 aliphatic heterocycles. The number of carbonyl (C=O) groups excluding carboxylic acids is 2. The number of alkyl halides is 3. The number of amides is 2. The number of hydrogen-bond donors (Lipinski definition) is 6. The third-order valence-corrected chi connectivity index (χ3v) is 3.31. The number of carboxylic acid groups (broad SMARTS) is 3. The van der Waals surface area contributed by atoms with Gasteiger partial charge < -0.3 is 31.1 Å². The highest BCUT2D eigenvalue weighted by atomic mass is 19.4. The lowest BCUT2D eigenvalue weighted by molar-refractivity contribution is -0.192. The number of hydrogen-bond acceptors (Lipinski definition) is 6. The molecular weight excluding hydrogens is 433 g/mol. The minimum absolute atomic E-state index is 0.0340. The molecule has 0 saturated carbocycles. The molecule has 14 heteroatoms. The van der Waals surface area contributed by atoms with Crippen LogP contribution in [0.1, 0.15) is 18.9 Å². The van der Waals surface area contributed by atoms with Gasteiger partial charge in [0.15, 0.2) is 0 Å². The molecule has 6 N–H and O–H groups in total. The smallest absolute Gasteiger partial charge is 0.490 e. The molecule has 31 heavy (non-hydrogen) atoms. The number of benzene rings is 1. The first-order chi connectivity index (χ1) is 14.1. The molecule has 0 saturated heterocycles. The molecule has 0 unspecified atom stereocenters. The molecule has 0 aromatic heterocycles. The van der Waals surface area contributed by atoms with Gasteiger partial charge in [0.05, 0.1) is 6.42 Å². The van der Waals surface area contributed by atoms with E-state index in [1.54, 1.807) is 12.1 Å². The highest BCUT2D eigenvalue weighted by molar-refractivity contribution is 5.91. The van der Waals surface area contributed by atoms with Crippen LogP contribution in [0.25, 0.3) is 0 Å². The highest BCUT2D eigenvalue weighted by Gasteiger charge is 2.38. The first-order valence-electron chi connectivity index (χ1n) is 8.23. The Bertz CT molecular complexity index is 810. The maximum Gasteiger partial charge on any atom is 0.490 e. The topological polar surface area (TPSA) is 190 Å². The van der Waals surface area contributed by atoms with Gasteiger partial charge in [-0.1, -0.05) is 12.1 Å². The Hall–Kier alpha value is -3.84. The molecule has 0 bridgehead atoms. The Morgan fingerprint density at radius 1 is 0.935 bits per heavy atom. The fourth-order valence-electron chi connectivity index (χ4n) is 1.97. The average molecular weight is 452 g/mol. The number of rotatable bonds is 8. The van der Waals surface area contributed by atoms with Crippen molar-refractivity contribution in [2.75, 3.05) is 0 Å². The van der Waals surface area contributed by atoms with Crippen LogP contribution in [-0.4, -0.2) is 68.4 Å². The van der Waals surface area contributed by atoms with E-state index in [1.165, 1.54) is 19.1 Å². The molecular formula is C17H19F3N2O9. The van der Waals surface area contributed by atoms with E-state index in [0.717, 1.165) is 0 Å². The van der Waals surface area contributed by atoms with Crippen molar-refractivity contribution in [3.05, 3.63) is 29.8 Å². The van der Waals surface area contributed by atoms with Crippen LogP contribution < -0.4 is 10.6 Å². The molecule has 1 rings (SSSR count). The zero-order valence-electron chi connectivity index (χ0n) is 15.8. The summed E-state index contributed by atoms with van der Waals surface area (Å²) in [5.74, 6) is -6.90. The molecule has 0 heterocycles.